The number of carbonyl (C=O) groups is 1. The van der Waals surface area contributed by atoms with Crippen molar-refractivity contribution < 1.29 is 19.7 Å². The number of benzene rings is 2. The molecule has 0 bridgehead atoms. The normalized spacial score (nSPS) is 22.4. The summed E-state index contributed by atoms with van der Waals surface area (Å²) in [6, 6.07) is 17.0. The van der Waals surface area contributed by atoms with Crippen molar-refractivity contribution in [3.8, 4) is 11.1 Å². The molecule has 168 valence electrons. The molecule has 2 aromatic heterocycles. The summed E-state index contributed by atoms with van der Waals surface area (Å²) in [6.07, 6.45) is 0.478. The van der Waals surface area contributed by atoms with Crippen molar-refractivity contribution in [2.24, 2.45) is 0 Å². The molecule has 4 N–H and O–H groups in total. The number of aliphatic hydroxyl groups is 2. The van der Waals surface area contributed by atoms with Crippen LogP contribution in [0.15, 0.2) is 67.1 Å². The molecule has 1 fully saturated rings. The molecule has 2 aromatic carbocycles. The molecule has 0 spiro atoms. The number of para-hydroxylation sites is 1. The van der Waals surface area contributed by atoms with Gasteiger partial charge in [-0.25, -0.2) is 9.97 Å². The van der Waals surface area contributed by atoms with E-state index in [9.17, 15) is 15.0 Å². The highest BCUT2D eigenvalue weighted by molar-refractivity contribution is 6.02. The maximum atomic E-state index is 10.8. The number of anilines is 3. The molecule has 5 rings (SSSR count). The largest absolute Gasteiger partial charge is 0.388 e. The molecule has 9 nitrogen and oxygen atoms in total. The van der Waals surface area contributed by atoms with Crippen LogP contribution in [0, 0.1) is 0 Å². The van der Waals surface area contributed by atoms with Crippen LogP contribution in [0.1, 0.15) is 13.2 Å². The zero-order valence-corrected chi connectivity index (χ0v) is 17.8. The Morgan fingerprint density at radius 3 is 2.42 bits per heavy atom. The SMILES string of the molecule is C[C@@H]1O[C@@H](n2cc(-c3ccc(NC=O)cc3)c3c(Nc4ccccc4)ncnc32)[C@H](O)[C@@H]1O. The van der Waals surface area contributed by atoms with E-state index in [2.05, 4.69) is 20.6 Å². The molecule has 0 unspecified atom stereocenters. The van der Waals surface area contributed by atoms with Crippen LogP contribution in [0.3, 0.4) is 0 Å². The lowest BCUT2D eigenvalue weighted by Crippen LogP contribution is -2.30. The first kappa shape index (κ1) is 21.1. The van der Waals surface area contributed by atoms with E-state index in [1.807, 2.05) is 48.7 Å². The number of rotatable bonds is 6. The van der Waals surface area contributed by atoms with Crippen LogP contribution in [-0.4, -0.2) is 49.5 Å². The van der Waals surface area contributed by atoms with Crippen LogP contribution in [-0.2, 0) is 9.53 Å². The van der Waals surface area contributed by atoms with Crippen molar-refractivity contribution in [1.29, 1.82) is 0 Å². The number of amides is 1. The van der Waals surface area contributed by atoms with Gasteiger partial charge in [-0.05, 0) is 36.8 Å². The Labute approximate surface area is 189 Å². The lowest BCUT2D eigenvalue weighted by Gasteiger charge is -2.17. The van der Waals surface area contributed by atoms with Gasteiger partial charge >= 0.3 is 0 Å². The highest BCUT2D eigenvalue weighted by Gasteiger charge is 2.42. The van der Waals surface area contributed by atoms with Crippen LogP contribution in [0.5, 0.6) is 0 Å². The van der Waals surface area contributed by atoms with Gasteiger partial charge in [-0.3, -0.25) is 4.79 Å². The van der Waals surface area contributed by atoms with Crippen LogP contribution >= 0.6 is 0 Å². The zero-order chi connectivity index (χ0) is 22.9. The van der Waals surface area contributed by atoms with Gasteiger partial charge < -0.3 is 30.2 Å². The summed E-state index contributed by atoms with van der Waals surface area (Å²) in [5.74, 6) is 0.594. The predicted molar refractivity (Wildman–Crippen MR) is 124 cm³/mol. The van der Waals surface area contributed by atoms with Gasteiger partial charge in [0.2, 0.25) is 6.41 Å². The van der Waals surface area contributed by atoms with Crippen molar-refractivity contribution in [2.75, 3.05) is 10.6 Å². The summed E-state index contributed by atoms with van der Waals surface area (Å²) in [7, 11) is 0. The molecule has 1 saturated heterocycles. The molecular formula is C24H23N5O4. The third kappa shape index (κ3) is 3.82. The van der Waals surface area contributed by atoms with E-state index in [-0.39, 0.29) is 0 Å². The standard InChI is InChI=1S/C24H23N5O4/c1-14-20(31)21(32)24(33-14)29-11-18(15-7-9-16(10-8-15)27-13-30)19-22(25-12-26-23(19)29)28-17-5-3-2-4-6-17/h2-14,20-21,24,31-32H,1H3,(H,27,30)(H,25,26,28)/t14-,20+,21+,24+/m0/s1. The summed E-state index contributed by atoms with van der Waals surface area (Å²) < 4.78 is 7.61. The molecule has 1 aliphatic rings. The second kappa shape index (κ2) is 8.62. The van der Waals surface area contributed by atoms with E-state index < -0.39 is 24.5 Å². The Morgan fingerprint density at radius 1 is 1.00 bits per heavy atom. The van der Waals surface area contributed by atoms with Gasteiger partial charge in [-0.15, -0.1) is 0 Å². The first-order valence-corrected chi connectivity index (χ1v) is 10.6. The molecule has 0 saturated carbocycles. The first-order chi connectivity index (χ1) is 16.1. The fourth-order valence-electron chi connectivity index (χ4n) is 4.12. The summed E-state index contributed by atoms with van der Waals surface area (Å²) >= 11 is 0. The first-order valence-electron chi connectivity index (χ1n) is 10.6. The minimum Gasteiger partial charge on any atom is -0.388 e. The predicted octanol–water partition coefficient (Wildman–Crippen LogP) is 3.05. The van der Waals surface area contributed by atoms with Gasteiger partial charge in [-0.1, -0.05) is 30.3 Å². The minimum atomic E-state index is -1.11. The Balaban J connectivity index is 1.67. The average Bonchev–Trinajstić information content (AvgIpc) is 3.34. The molecule has 1 amide bonds. The second-order valence-electron chi connectivity index (χ2n) is 7.91. The number of fused-ring (bicyclic) bond motifs is 1. The van der Waals surface area contributed by atoms with Gasteiger partial charge in [0.05, 0.1) is 11.5 Å². The van der Waals surface area contributed by atoms with Gasteiger partial charge in [0.15, 0.2) is 6.23 Å². The molecule has 0 radical (unpaired) electrons. The van der Waals surface area contributed by atoms with Crippen LogP contribution < -0.4 is 10.6 Å². The summed E-state index contributed by atoms with van der Waals surface area (Å²) in [5.41, 5.74) is 3.76. The van der Waals surface area contributed by atoms with E-state index in [0.717, 1.165) is 22.2 Å². The number of aromatic nitrogens is 3. The third-order valence-electron chi connectivity index (χ3n) is 5.82. The fraction of sp³-hybridized carbons (Fsp3) is 0.208. The number of aliphatic hydroxyl groups excluding tert-OH is 2. The summed E-state index contributed by atoms with van der Waals surface area (Å²) in [4.78, 5) is 19.7. The number of nitrogens with zero attached hydrogens (tertiary/aromatic N) is 3. The topological polar surface area (TPSA) is 122 Å². The Bertz CT molecular complexity index is 1280. The minimum absolute atomic E-state index is 0.525. The van der Waals surface area contributed by atoms with E-state index >= 15 is 0 Å². The number of ether oxygens (including phenoxy) is 1. The molecule has 3 heterocycles. The third-order valence-corrected chi connectivity index (χ3v) is 5.82. The smallest absolute Gasteiger partial charge is 0.211 e. The maximum absolute atomic E-state index is 10.8. The van der Waals surface area contributed by atoms with Crippen molar-refractivity contribution in [1.82, 2.24) is 14.5 Å². The fourth-order valence-corrected chi connectivity index (χ4v) is 4.12. The van der Waals surface area contributed by atoms with Crippen molar-refractivity contribution in [3.63, 3.8) is 0 Å². The van der Waals surface area contributed by atoms with Gasteiger partial charge in [0, 0.05) is 23.1 Å². The van der Waals surface area contributed by atoms with Crippen molar-refractivity contribution in [3.05, 3.63) is 67.1 Å². The monoisotopic (exact) mass is 445 g/mol. The van der Waals surface area contributed by atoms with E-state index in [1.54, 1.807) is 23.6 Å². The van der Waals surface area contributed by atoms with Gasteiger partial charge in [0.1, 0.15) is 30.0 Å². The molecule has 4 atom stereocenters. The Morgan fingerprint density at radius 2 is 1.76 bits per heavy atom. The molecule has 4 aromatic rings. The van der Waals surface area contributed by atoms with E-state index in [1.165, 1.54) is 6.33 Å². The lowest BCUT2D eigenvalue weighted by atomic mass is 10.1. The number of carbonyl (C=O) groups excluding carboxylic acids is 1. The Kier molecular flexibility index (Phi) is 5.51. The quantitative estimate of drug-likeness (QED) is 0.337. The summed E-state index contributed by atoms with van der Waals surface area (Å²) in [5, 5.41) is 27.6. The van der Waals surface area contributed by atoms with E-state index in [0.29, 0.717) is 23.6 Å². The second-order valence-corrected chi connectivity index (χ2v) is 7.91. The maximum Gasteiger partial charge on any atom is 0.211 e. The molecule has 33 heavy (non-hydrogen) atoms. The van der Waals surface area contributed by atoms with Crippen molar-refractivity contribution >= 4 is 34.6 Å². The van der Waals surface area contributed by atoms with Crippen LogP contribution in [0.4, 0.5) is 17.2 Å². The van der Waals surface area contributed by atoms with Gasteiger partial charge in [0.25, 0.3) is 0 Å². The Hall–Kier alpha value is -3.79. The number of nitrogens with one attached hydrogen (secondary N) is 2. The highest BCUT2D eigenvalue weighted by atomic mass is 16.6. The zero-order valence-electron chi connectivity index (χ0n) is 17.8. The highest BCUT2D eigenvalue weighted by Crippen LogP contribution is 2.39. The van der Waals surface area contributed by atoms with Crippen LogP contribution in [0.25, 0.3) is 22.2 Å². The molecule has 0 aliphatic carbocycles. The molecular weight excluding hydrogens is 422 g/mol. The van der Waals surface area contributed by atoms with Crippen LogP contribution in [0.2, 0.25) is 0 Å². The summed E-state index contributed by atoms with van der Waals surface area (Å²) in [6.45, 7) is 1.72. The van der Waals surface area contributed by atoms with Crippen molar-refractivity contribution in [2.45, 2.75) is 31.5 Å². The molecule has 9 heteroatoms. The molecule has 1 aliphatic heterocycles. The lowest BCUT2D eigenvalue weighted by molar-refractivity contribution is -0.105. The van der Waals surface area contributed by atoms with Gasteiger partial charge in [-0.2, -0.15) is 0 Å². The average molecular weight is 445 g/mol. The number of hydrogen-bond acceptors (Lipinski definition) is 7. The number of hydrogen-bond donors (Lipinski definition) is 4. The van der Waals surface area contributed by atoms with E-state index in [4.69, 9.17) is 4.74 Å².